The molecule has 6 nitrogen and oxygen atoms in total. The summed E-state index contributed by atoms with van der Waals surface area (Å²) in [5, 5.41) is 3.50. The van der Waals surface area contributed by atoms with Crippen LogP contribution in [0.15, 0.2) is 24.4 Å². The molecule has 2 atom stereocenters. The molecular formula is C18H24N4O2. The van der Waals surface area contributed by atoms with Crippen molar-refractivity contribution in [3.05, 3.63) is 41.6 Å². The van der Waals surface area contributed by atoms with E-state index < -0.39 is 0 Å². The van der Waals surface area contributed by atoms with Gasteiger partial charge in [-0.1, -0.05) is 6.92 Å². The molecule has 0 saturated carbocycles. The Hall–Kier alpha value is -2.21. The third kappa shape index (κ3) is 4.20. The summed E-state index contributed by atoms with van der Waals surface area (Å²) < 4.78 is 11.7. The third-order valence-electron chi connectivity index (χ3n) is 4.06. The van der Waals surface area contributed by atoms with Crippen LogP contribution in [-0.2, 0) is 11.2 Å². The Morgan fingerprint density at radius 1 is 1.29 bits per heavy atom. The van der Waals surface area contributed by atoms with Gasteiger partial charge in [-0.15, -0.1) is 0 Å². The first-order valence-corrected chi connectivity index (χ1v) is 8.42. The highest BCUT2D eigenvalue weighted by molar-refractivity contribution is 5.38. The predicted molar refractivity (Wildman–Crippen MR) is 92.4 cm³/mol. The van der Waals surface area contributed by atoms with Crippen molar-refractivity contribution < 1.29 is 9.47 Å². The molecule has 6 heteroatoms. The van der Waals surface area contributed by atoms with E-state index in [9.17, 15) is 0 Å². The maximum Gasteiger partial charge on any atom is 0.142 e. The molecule has 0 unspecified atom stereocenters. The van der Waals surface area contributed by atoms with Crippen LogP contribution >= 0.6 is 0 Å². The molecule has 0 amide bonds. The Morgan fingerprint density at radius 3 is 2.92 bits per heavy atom. The van der Waals surface area contributed by atoms with Gasteiger partial charge in [-0.25, -0.2) is 9.97 Å². The maximum absolute atomic E-state index is 6.09. The number of aryl methyl sites for hydroxylation is 3. The van der Waals surface area contributed by atoms with E-state index in [1.165, 1.54) is 0 Å². The number of rotatable bonds is 5. The quantitative estimate of drug-likeness (QED) is 0.910. The fraction of sp³-hybridized carbons (Fsp3) is 0.500. The SMILES string of the molecule is CCc1cc(N[C@@H]2CCOC[C@@H]2Oc2ccc(C)nc2)nc(C)n1. The molecule has 1 aliphatic heterocycles. The van der Waals surface area contributed by atoms with E-state index in [-0.39, 0.29) is 12.1 Å². The molecule has 0 bridgehead atoms. The van der Waals surface area contributed by atoms with Crippen LogP contribution in [-0.4, -0.2) is 40.3 Å². The zero-order valence-corrected chi connectivity index (χ0v) is 14.5. The molecule has 0 aliphatic carbocycles. The minimum Gasteiger partial charge on any atom is -0.484 e. The summed E-state index contributed by atoms with van der Waals surface area (Å²) in [4.78, 5) is 13.2. The highest BCUT2D eigenvalue weighted by Crippen LogP contribution is 2.20. The molecule has 1 saturated heterocycles. The molecule has 1 fully saturated rings. The van der Waals surface area contributed by atoms with Gasteiger partial charge in [-0.2, -0.15) is 0 Å². The van der Waals surface area contributed by atoms with Gasteiger partial charge in [0.25, 0.3) is 0 Å². The average Bonchev–Trinajstić information content (AvgIpc) is 2.58. The van der Waals surface area contributed by atoms with E-state index >= 15 is 0 Å². The van der Waals surface area contributed by atoms with E-state index in [1.54, 1.807) is 6.20 Å². The zero-order chi connectivity index (χ0) is 16.9. The van der Waals surface area contributed by atoms with Crippen LogP contribution < -0.4 is 10.1 Å². The first kappa shape index (κ1) is 16.6. The number of hydrogen-bond acceptors (Lipinski definition) is 6. The Labute approximate surface area is 142 Å². The van der Waals surface area contributed by atoms with Crippen molar-refractivity contribution in [1.82, 2.24) is 15.0 Å². The molecule has 24 heavy (non-hydrogen) atoms. The van der Waals surface area contributed by atoms with Crippen LogP contribution in [0.3, 0.4) is 0 Å². The summed E-state index contributed by atoms with van der Waals surface area (Å²) in [6.07, 6.45) is 3.43. The van der Waals surface area contributed by atoms with E-state index in [1.807, 2.05) is 32.0 Å². The van der Waals surface area contributed by atoms with Gasteiger partial charge in [-0.05, 0) is 38.8 Å². The molecule has 1 aliphatic rings. The summed E-state index contributed by atoms with van der Waals surface area (Å²) in [6.45, 7) is 7.24. The Bertz CT molecular complexity index is 675. The number of ether oxygens (including phenoxy) is 2. The summed E-state index contributed by atoms with van der Waals surface area (Å²) in [6, 6.07) is 6.03. The maximum atomic E-state index is 6.09. The predicted octanol–water partition coefficient (Wildman–Crippen LogP) is 2.70. The Kier molecular flexibility index (Phi) is 5.25. The third-order valence-corrected chi connectivity index (χ3v) is 4.06. The first-order chi connectivity index (χ1) is 11.6. The summed E-state index contributed by atoms with van der Waals surface area (Å²) >= 11 is 0. The number of nitrogens with one attached hydrogen (secondary N) is 1. The fourth-order valence-corrected chi connectivity index (χ4v) is 2.77. The number of hydrogen-bond donors (Lipinski definition) is 1. The molecule has 2 aromatic rings. The molecule has 1 N–H and O–H groups in total. The Morgan fingerprint density at radius 2 is 2.17 bits per heavy atom. The molecular weight excluding hydrogens is 304 g/mol. The van der Waals surface area contributed by atoms with Crippen LogP contribution in [0.2, 0.25) is 0 Å². The number of aromatic nitrogens is 3. The molecule has 3 heterocycles. The minimum absolute atomic E-state index is 0.0800. The molecule has 0 aromatic carbocycles. The topological polar surface area (TPSA) is 69.2 Å². The van der Waals surface area contributed by atoms with Gasteiger partial charge in [0, 0.05) is 24.1 Å². The average molecular weight is 328 g/mol. The smallest absolute Gasteiger partial charge is 0.142 e. The standard InChI is InChI=1S/C18H24N4O2/c1-4-14-9-18(21-13(3)20-14)22-16-7-8-23-11-17(16)24-15-6-5-12(2)19-10-15/h5-6,9-10,16-17H,4,7-8,11H2,1-3H3,(H,20,21,22)/t16-,17+/m1/s1. The summed E-state index contributed by atoms with van der Waals surface area (Å²) in [7, 11) is 0. The normalized spacial score (nSPS) is 20.6. The van der Waals surface area contributed by atoms with E-state index in [0.29, 0.717) is 13.2 Å². The van der Waals surface area contributed by atoms with Crippen molar-refractivity contribution in [1.29, 1.82) is 0 Å². The second-order valence-corrected chi connectivity index (χ2v) is 6.05. The minimum atomic E-state index is -0.0800. The monoisotopic (exact) mass is 328 g/mol. The lowest BCUT2D eigenvalue weighted by atomic mass is 10.1. The van der Waals surface area contributed by atoms with Gasteiger partial charge in [0.15, 0.2) is 0 Å². The second kappa shape index (κ2) is 7.57. The van der Waals surface area contributed by atoms with Gasteiger partial charge in [0.1, 0.15) is 23.5 Å². The molecule has 3 rings (SSSR count). The lowest BCUT2D eigenvalue weighted by Crippen LogP contribution is -2.45. The second-order valence-electron chi connectivity index (χ2n) is 6.05. The lowest BCUT2D eigenvalue weighted by molar-refractivity contribution is -0.000779. The number of anilines is 1. The van der Waals surface area contributed by atoms with Crippen molar-refractivity contribution in [2.45, 2.75) is 45.8 Å². The van der Waals surface area contributed by atoms with E-state index in [0.717, 1.165) is 41.6 Å². The Balaban J connectivity index is 1.72. The van der Waals surface area contributed by atoms with Crippen LogP contribution in [0.25, 0.3) is 0 Å². The van der Waals surface area contributed by atoms with Gasteiger partial charge in [0.05, 0.1) is 18.8 Å². The first-order valence-electron chi connectivity index (χ1n) is 8.42. The van der Waals surface area contributed by atoms with Crippen molar-refractivity contribution in [2.24, 2.45) is 0 Å². The van der Waals surface area contributed by atoms with Gasteiger partial charge in [-0.3, -0.25) is 4.98 Å². The van der Waals surface area contributed by atoms with Crippen molar-refractivity contribution in [3.8, 4) is 5.75 Å². The van der Waals surface area contributed by atoms with Crippen LogP contribution in [0.1, 0.15) is 30.6 Å². The van der Waals surface area contributed by atoms with Gasteiger partial charge >= 0.3 is 0 Å². The van der Waals surface area contributed by atoms with Gasteiger partial charge < -0.3 is 14.8 Å². The van der Waals surface area contributed by atoms with E-state index in [4.69, 9.17) is 9.47 Å². The zero-order valence-electron chi connectivity index (χ0n) is 14.5. The largest absolute Gasteiger partial charge is 0.484 e. The van der Waals surface area contributed by atoms with Crippen molar-refractivity contribution >= 4 is 5.82 Å². The fourth-order valence-electron chi connectivity index (χ4n) is 2.77. The molecule has 2 aromatic heterocycles. The number of pyridine rings is 1. The highest BCUT2D eigenvalue weighted by atomic mass is 16.5. The highest BCUT2D eigenvalue weighted by Gasteiger charge is 2.28. The summed E-state index contributed by atoms with van der Waals surface area (Å²) in [5.41, 5.74) is 2.01. The van der Waals surface area contributed by atoms with Gasteiger partial charge in [0.2, 0.25) is 0 Å². The molecule has 128 valence electrons. The lowest BCUT2D eigenvalue weighted by Gasteiger charge is -2.32. The van der Waals surface area contributed by atoms with Crippen LogP contribution in [0.4, 0.5) is 5.82 Å². The van der Waals surface area contributed by atoms with Crippen LogP contribution in [0.5, 0.6) is 5.75 Å². The van der Waals surface area contributed by atoms with Crippen molar-refractivity contribution in [2.75, 3.05) is 18.5 Å². The van der Waals surface area contributed by atoms with E-state index in [2.05, 4.69) is 27.2 Å². The number of nitrogens with zero attached hydrogens (tertiary/aromatic N) is 3. The molecule has 0 spiro atoms. The van der Waals surface area contributed by atoms with Crippen molar-refractivity contribution in [3.63, 3.8) is 0 Å². The van der Waals surface area contributed by atoms with Crippen LogP contribution in [0, 0.1) is 13.8 Å². The molecule has 0 radical (unpaired) electrons. The summed E-state index contributed by atoms with van der Waals surface area (Å²) in [5.74, 6) is 2.39.